The summed E-state index contributed by atoms with van der Waals surface area (Å²) in [6.07, 6.45) is 1.99. The second kappa shape index (κ2) is 7.69. The monoisotopic (exact) mass is 394 g/mol. The van der Waals surface area contributed by atoms with Crippen LogP contribution in [0.25, 0.3) is 11.3 Å². The Balaban J connectivity index is 1.97. The Kier molecular flexibility index (Phi) is 5.72. The Bertz CT molecular complexity index is 804. The highest BCUT2D eigenvalue weighted by atomic mass is 35.5. The molecule has 0 radical (unpaired) electrons. The molecule has 1 aromatic heterocycles. The van der Waals surface area contributed by atoms with E-state index in [1.54, 1.807) is 6.07 Å². The van der Waals surface area contributed by atoms with Crippen LogP contribution in [0.3, 0.4) is 0 Å². The van der Waals surface area contributed by atoms with Gasteiger partial charge in [0.05, 0.1) is 28.0 Å². The molecule has 0 atom stereocenters. The molecule has 26 heavy (non-hydrogen) atoms. The average Bonchev–Trinajstić information content (AvgIpc) is 2.65. The van der Waals surface area contributed by atoms with Crippen molar-refractivity contribution in [3.8, 4) is 11.3 Å². The van der Waals surface area contributed by atoms with E-state index >= 15 is 0 Å². The number of anilines is 1. The normalized spacial score (nSPS) is 16.8. The summed E-state index contributed by atoms with van der Waals surface area (Å²) in [6.45, 7) is 6.33. The van der Waals surface area contributed by atoms with Crippen LogP contribution in [-0.2, 0) is 6.61 Å². The van der Waals surface area contributed by atoms with Crippen molar-refractivity contribution in [1.29, 1.82) is 0 Å². The molecule has 7 heteroatoms. The predicted molar refractivity (Wildman–Crippen MR) is 107 cm³/mol. The van der Waals surface area contributed by atoms with E-state index in [1.165, 1.54) is 0 Å². The summed E-state index contributed by atoms with van der Waals surface area (Å²) < 4.78 is 0. The van der Waals surface area contributed by atoms with Gasteiger partial charge in [-0.05, 0) is 37.8 Å². The van der Waals surface area contributed by atoms with Crippen molar-refractivity contribution >= 4 is 29.0 Å². The van der Waals surface area contributed by atoms with Gasteiger partial charge < -0.3 is 15.7 Å². The van der Waals surface area contributed by atoms with E-state index in [2.05, 4.69) is 16.8 Å². The molecular formula is C19H24Cl2N4O. The Hall–Kier alpha value is -1.40. The molecule has 1 saturated heterocycles. The van der Waals surface area contributed by atoms with Crippen molar-refractivity contribution in [3.63, 3.8) is 0 Å². The standard InChI is InChI=1S/C19H24Cl2N4O/c1-12-17(13-4-3-5-14(20)16(13)21)24-15(10-26)18(23-12)25-8-6-19(2,11-22)7-9-25/h3-5,26H,6-11,22H2,1-2H3. The number of hydrogen-bond acceptors (Lipinski definition) is 5. The summed E-state index contributed by atoms with van der Waals surface area (Å²) in [7, 11) is 0. The molecule has 0 unspecified atom stereocenters. The summed E-state index contributed by atoms with van der Waals surface area (Å²) >= 11 is 12.5. The van der Waals surface area contributed by atoms with Gasteiger partial charge in [-0.25, -0.2) is 9.97 Å². The molecule has 5 nitrogen and oxygen atoms in total. The fraction of sp³-hybridized carbons (Fsp3) is 0.474. The summed E-state index contributed by atoms with van der Waals surface area (Å²) in [6, 6.07) is 5.43. The van der Waals surface area contributed by atoms with Gasteiger partial charge in [0.15, 0.2) is 5.82 Å². The maximum absolute atomic E-state index is 9.88. The molecule has 1 aliphatic rings. The quantitative estimate of drug-likeness (QED) is 0.823. The summed E-state index contributed by atoms with van der Waals surface area (Å²) in [5, 5.41) is 10.8. The number of rotatable bonds is 4. The molecule has 1 aliphatic heterocycles. The van der Waals surface area contributed by atoms with Gasteiger partial charge in [-0.3, -0.25) is 0 Å². The lowest BCUT2D eigenvalue weighted by Crippen LogP contribution is -2.43. The van der Waals surface area contributed by atoms with Gasteiger partial charge in [0, 0.05) is 18.7 Å². The summed E-state index contributed by atoms with van der Waals surface area (Å²) in [5.74, 6) is 0.742. The minimum Gasteiger partial charge on any atom is -0.390 e. The number of benzene rings is 1. The Morgan fingerprint density at radius 1 is 1.23 bits per heavy atom. The van der Waals surface area contributed by atoms with Crippen LogP contribution in [0.5, 0.6) is 0 Å². The van der Waals surface area contributed by atoms with Crippen molar-refractivity contribution in [3.05, 3.63) is 39.6 Å². The lowest BCUT2D eigenvalue weighted by Gasteiger charge is -2.39. The van der Waals surface area contributed by atoms with Crippen LogP contribution in [0.15, 0.2) is 18.2 Å². The molecule has 2 heterocycles. The van der Waals surface area contributed by atoms with Crippen LogP contribution in [0.2, 0.25) is 10.0 Å². The van der Waals surface area contributed by atoms with E-state index in [1.807, 2.05) is 19.1 Å². The first kappa shape index (κ1) is 19.4. The van der Waals surface area contributed by atoms with Crippen LogP contribution in [0.4, 0.5) is 5.82 Å². The first-order chi connectivity index (χ1) is 12.4. The molecule has 140 valence electrons. The number of aliphatic hydroxyl groups excluding tert-OH is 1. The highest BCUT2D eigenvalue weighted by molar-refractivity contribution is 6.43. The van der Waals surface area contributed by atoms with E-state index in [9.17, 15) is 5.11 Å². The topological polar surface area (TPSA) is 75.3 Å². The first-order valence-corrected chi connectivity index (χ1v) is 9.52. The second-order valence-electron chi connectivity index (χ2n) is 7.19. The van der Waals surface area contributed by atoms with E-state index in [-0.39, 0.29) is 12.0 Å². The zero-order valence-corrected chi connectivity index (χ0v) is 16.6. The molecule has 0 aliphatic carbocycles. The van der Waals surface area contributed by atoms with Gasteiger partial charge in [-0.1, -0.05) is 42.3 Å². The molecule has 0 spiro atoms. The van der Waals surface area contributed by atoms with Gasteiger partial charge in [0.2, 0.25) is 0 Å². The van der Waals surface area contributed by atoms with Gasteiger partial charge in [0.25, 0.3) is 0 Å². The fourth-order valence-electron chi connectivity index (χ4n) is 3.31. The largest absolute Gasteiger partial charge is 0.390 e. The Labute approximate surface area is 164 Å². The molecule has 0 bridgehead atoms. The predicted octanol–water partition coefficient (Wildman–Crippen LogP) is 3.82. The number of hydrogen-bond donors (Lipinski definition) is 2. The number of nitrogens with two attached hydrogens (primary N) is 1. The number of halogens is 2. The maximum Gasteiger partial charge on any atom is 0.153 e. The van der Waals surface area contributed by atoms with Crippen molar-refractivity contribution in [2.45, 2.75) is 33.3 Å². The molecule has 1 aromatic carbocycles. The Morgan fingerprint density at radius 3 is 2.54 bits per heavy atom. The molecule has 1 fully saturated rings. The maximum atomic E-state index is 9.88. The first-order valence-electron chi connectivity index (χ1n) is 8.76. The van der Waals surface area contributed by atoms with Gasteiger partial charge in [0.1, 0.15) is 5.69 Å². The van der Waals surface area contributed by atoms with Crippen LogP contribution in [-0.4, -0.2) is 34.7 Å². The van der Waals surface area contributed by atoms with Crippen LogP contribution >= 0.6 is 23.2 Å². The Morgan fingerprint density at radius 2 is 1.92 bits per heavy atom. The molecule has 3 N–H and O–H groups in total. The summed E-state index contributed by atoms with van der Waals surface area (Å²) in [5.41, 5.74) is 8.76. The van der Waals surface area contributed by atoms with Crippen molar-refractivity contribution < 1.29 is 5.11 Å². The highest BCUT2D eigenvalue weighted by Gasteiger charge is 2.30. The minimum atomic E-state index is -0.182. The average molecular weight is 395 g/mol. The lowest BCUT2D eigenvalue weighted by atomic mass is 9.80. The SMILES string of the molecule is Cc1nc(N2CCC(C)(CN)CC2)c(CO)nc1-c1cccc(Cl)c1Cl. The van der Waals surface area contributed by atoms with E-state index < -0.39 is 0 Å². The van der Waals surface area contributed by atoms with Crippen LogP contribution in [0.1, 0.15) is 31.2 Å². The minimum absolute atomic E-state index is 0.173. The number of nitrogens with zero attached hydrogens (tertiary/aromatic N) is 3. The number of aliphatic hydroxyl groups is 1. The third kappa shape index (κ3) is 3.67. The molecule has 2 aromatic rings. The van der Waals surface area contributed by atoms with Crippen molar-refractivity contribution in [2.75, 3.05) is 24.5 Å². The highest BCUT2D eigenvalue weighted by Crippen LogP contribution is 2.36. The van der Waals surface area contributed by atoms with Crippen molar-refractivity contribution in [1.82, 2.24) is 9.97 Å². The van der Waals surface area contributed by atoms with E-state index in [0.29, 0.717) is 28.0 Å². The third-order valence-corrected chi connectivity index (χ3v) is 6.06. The number of aryl methyl sites for hydroxylation is 1. The molecule has 3 rings (SSSR count). The molecule has 0 amide bonds. The van der Waals surface area contributed by atoms with Crippen LogP contribution in [0, 0.1) is 12.3 Å². The third-order valence-electron chi connectivity index (χ3n) is 5.24. The fourth-order valence-corrected chi connectivity index (χ4v) is 3.70. The number of piperidine rings is 1. The second-order valence-corrected chi connectivity index (χ2v) is 7.97. The van der Waals surface area contributed by atoms with Crippen molar-refractivity contribution in [2.24, 2.45) is 11.1 Å². The molecular weight excluding hydrogens is 371 g/mol. The van der Waals surface area contributed by atoms with Gasteiger partial charge in [-0.15, -0.1) is 0 Å². The summed E-state index contributed by atoms with van der Waals surface area (Å²) in [4.78, 5) is 11.6. The van der Waals surface area contributed by atoms with Gasteiger partial charge in [-0.2, -0.15) is 0 Å². The molecule has 0 saturated carbocycles. The number of aromatic nitrogens is 2. The zero-order chi connectivity index (χ0) is 18.9. The smallest absolute Gasteiger partial charge is 0.153 e. The van der Waals surface area contributed by atoms with Gasteiger partial charge >= 0.3 is 0 Å². The van der Waals surface area contributed by atoms with E-state index in [4.69, 9.17) is 33.9 Å². The van der Waals surface area contributed by atoms with Crippen LogP contribution < -0.4 is 10.6 Å². The lowest BCUT2D eigenvalue weighted by molar-refractivity contribution is 0.254. The van der Waals surface area contributed by atoms with E-state index in [0.717, 1.165) is 43.0 Å². The zero-order valence-electron chi connectivity index (χ0n) is 15.1.